The highest BCUT2D eigenvalue weighted by Crippen LogP contribution is 2.34. The van der Waals surface area contributed by atoms with Crippen molar-refractivity contribution >= 4 is 29.0 Å². The minimum Gasteiger partial charge on any atom is -0.454 e. The number of carbonyl (C=O) groups excluding carboxylic acids is 1. The zero-order valence-electron chi connectivity index (χ0n) is 17.9. The van der Waals surface area contributed by atoms with Crippen molar-refractivity contribution in [3.05, 3.63) is 101 Å². The minimum absolute atomic E-state index is 0.139. The topological polar surface area (TPSA) is 51.1 Å². The van der Waals surface area contributed by atoms with Crippen LogP contribution in [0.3, 0.4) is 0 Å². The van der Waals surface area contributed by atoms with Crippen LogP contribution in [-0.4, -0.2) is 18.4 Å². The molecule has 0 bridgehead atoms. The van der Waals surface area contributed by atoms with Crippen LogP contribution in [-0.2, 0) is 4.79 Å². The molecular formula is C27H22N2O3. The van der Waals surface area contributed by atoms with Crippen molar-refractivity contribution in [3.8, 4) is 11.5 Å². The number of aryl methyl sites for hydroxylation is 1. The van der Waals surface area contributed by atoms with Gasteiger partial charge in [-0.05, 0) is 54.8 Å². The second kappa shape index (κ2) is 8.19. The lowest BCUT2D eigenvalue weighted by Crippen LogP contribution is -2.21. The minimum atomic E-state index is -0.139. The molecule has 0 radical (unpaired) electrons. The Kier molecular flexibility index (Phi) is 5.07. The van der Waals surface area contributed by atoms with E-state index in [0.717, 1.165) is 39.4 Å². The highest BCUT2D eigenvalue weighted by molar-refractivity contribution is 6.34. The van der Waals surface area contributed by atoms with Crippen LogP contribution < -0.4 is 14.5 Å². The van der Waals surface area contributed by atoms with Gasteiger partial charge in [0.15, 0.2) is 11.5 Å². The molecule has 0 saturated carbocycles. The summed E-state index contributed by atoms with van der Waals surface area (Å²) in [6.07, 6.45) is 3.96. The molecular weight excluding hydrogens is 400 g/mol. The molecule has 2 aliphatic rings. The van der Waals surface area contributed by atoms with Gasteiger partial charge in [0.1, 0.15) is 0 Å². The Morgan fingerprint density at radius 2 is 1.69 bits per heavy atom. The number of anilines is 1. The zero-order chi connectivity index (χ0) is 22.1. The molecule has 1 amide bonds. The molecule has 5 heteroatoms. The maximum absolute atomic E-state index is 13.4. The average molecular weight is 422 g/mol. The Balaban J connectivity index is 1.58. The first-order valence-electron chi connectivity index (χ1n) is 10.4. The summed E-state index contributed by atoms with van der Waals surface area (Å²) in [5.74, 6) is 1.33. The molecule has 0 atom stereocenters. The molecule has 0 unspecified atom stereocenters. The molecule has 0 aliphatic carbocycles. The van der Waals surface area contributed by atoms with Crippen LogP contribution in [0.25, 0.3) is 11.6 Å². The number of allylic oxidation sites excluding steroid dienone is 2. The monoisotopic (exact) mass is 422 g/mol. The molecule has 0 N–H and O–H groups in total. The summed E-state index contributed by atoms with van der Waals surface area (Å²) in [5, 5.41) is 6.03. The first-order chi connectivity index (χ1) is 15.6. The van der Waals surface area contributed by atoms with Crippen LogP contribution in [0.15, 0.2) is 89.5 Å². The van der Waals surface area contributed by atoms with Gasteiger partial charge in [0.2, 0.25) is 6.79 Å². The Bertz CT molecular complexity index is 1270. The van der Waals surface area contributed by atoms with Gasteiger partial charge in [0.25, 0.3) is 5.91 Å². The Labute approximate surface area is 186 Å². The summed E-state index contributed by atoms with van der Waals surface area (Å²) >= 11 is 0. The number of benzene rings is 3. The fourth-order valence-electron chi connectivity index (χ4n) is 3.81. The normalized spacial score (nSPS) is 16.6. The Morgan fingerprint density at radius 1 is 0.938 bits per heavy atom. The molecule has 3 aromatic rings. The van der Waals surface area contributed by atoms with E-state index in [1.807, 2.05) is 98.8 Å². The number of carbonyl (C=O) groups is 1. The van der Waals surface area contributed by atoms with Gasteiger partial charge in [-0.25, -0.2) is 0 Å². The van der Waals surface area contributed by atoms with Crippen LogP contribution in [0.2, 0.25) is 0 Å². The highest BCUT2D eigenvalue weighted by atomic mass is 16.7. The number of rotatable bonds is 4. The molecule has 2 heterocycles. The van der Waals surface area contributed by atoms with Gasteiger partial charge in [0.05, 0.1) is 17.0 Å². The van der Waals surface area contributed by atoms with Crippen LogP contribution in [0.1, 0.15) is 23.6 Å². The third-order valence-electron chi connectivity index (χ3n) is 5.49. The summed E-state index contributed by atoms with van der Waals surface area (Å²) in [5.41, 5.74) is 5.92. The lowest BCUT2D eigenvalue weighted by Gasteiger charge is -2.13. The van der Waals surface area contributed by atoms with E-state index in [-0.39, 0.29) is 12.7 Å². The molecule has 0 fully saturated rings. The number of hydrogen-bond acceptors (Lipinski definition) is 4. The molecule has 5 nitrogen and oxygen atoms in total. The van der Waals surface area contributed by atoms with Gasteiger partial charge in [0, 0.05) is 0 Å². The van der Waals surface area contributed by atoms with Crippen molar-refractivity contribution in [2.24, 2.45) is 5.10 Å². The summed E-state index contributed by atoms with van der Waals surface area (Å²) in [7, 11) is 0. The Hall–Kier alpha value is -4.12. The number of ether oxygens (including phenoxy) is 2. The van der Waals surface area contributed by atoms with E-state index >= 15 is 0 Å². The van der Waals surface area contributed by atoms with E-state index in [9.17, 15) is 4.79 Å². The summed E-state index contributed by atoms with van der Waals surface area (Å²) in [6, 6.07) is 23.4. The van der Waals surface area contributed by atoms with Crippen LogP contribution in [0, 0.1) is 6.92 Å². The largest absolute Gasteiger partial charge is 0.454 e. The summed E-state index contributed by atoms with van der Waals surface area (Å²) in [4.78, 5) is 13.4. The maximum Gasteiger partial charge on any atom is 0.281 e. The third-order valence-corrected chi connectivity index (χ3v) is 5.49. The molecule has 2 aliphatic heterocycles. The molecule has 5 rings (SSSR count). The second-order valence-electron chi connectivity index (χ2n) is 7.74. The quantitative estimate of drug-likeness (QED) is 0.513. The lowest BCUT2D eigenvalue weighted by molar-refractivity contribution is -0.114. The van der Waals surface area contributed by atoms with E-state index in [0.29, 0.717) is 11.3 Å². The van der Waals surface area contributed by atoms with Crippen LogP contribution in [0.5, 0.6) is 11.5 Å². The van der Waals surface area contributed by atoms with Crippen molar-refractivity contribution in [2.75, 3.05) is 11.8 Å². The van der Waals surface area contributed by atoms with E-state index in [4.69, 9.17) is 9.47 Å². The van der Waals surface area contributed by atoms with Gasteiger partial charge in [-0.1, -0.05) is 66.2 Å². The number of nitrogens with zero attached hydrogens (tertiary/aromatic N) is 2. The van der Waals surface area contributed by atoms with Gasteiger partial charge >= 0.3 is 0 Å². The number of para-hydroxylation sites is 1. The third kappa shape index (κ3) is 3.69. The fraction of sp³-hybridized carbons (Fsp3) is 0.111. The van der Waals surface area contributed by atoms with E-state index < -0.39 is 0 Å². The van der Waals surface area contributed by atoms with Crippen molar-refractivity contribution in [1.29, 1.82) is 0 Å². The van der Waals surface area contributed by atoms with Crippen molar-refractivity contribution in [1.82, 2.24) is 0 Å². The van der Waals surface area contributed by atoms with E-state index in [1.54, 1.807) is 0 Å². The number of amides is 1. The SMILES string of the molecule is CC1=NN(c2ccccc2)C(=O)/C1=C(/C=C\c1ccc2c(c1)OCO2)c1ccc(C)cc1. The number of hydrogen-bond donors (Lipinski definition) is 0. The standard InChI is InChI=1S/C27H22N2O3/c1-18-8-12-21(13-9-18)23(14-10-20-11-15-24-25(16-20)32-17-31-24)26-19(2)28-29(27(26)30)22-6-4-3-5-7-22/h3-16H,17H2,1-2H3/b14-10-,26-23-. The van der Waals surface area contributed by atoms with Crippen molar-refractivity contribution < 1.29 is 14.3 Å². The smallest absolute Gasteiger partial charge is 0.281 e. The van der Waals surface area contributed by atoms with Gasteiger partial charge in [-0.15, -0.1) is 0 Å². The average Bonchev–Trinajstić information content (AvgIpc) is 3.40. The van der Waals surface area contributed by atoms with E-state index in [2.05, 4.69) is 5.10 Å². The zero-order valence-corrected chi connectivity index (χ0v) is 17.9. The van der Waals surface area contributed by atoms with Gasteiger partial charge < -0.3 is 9.47 Å². The molecule has 3 aromatic carbocycles. The highest BCUT2D eigenvalue weighted by Gasteiger charge is 2.31. The molecule has 0 spiro atoms. The van der Waals surface area contributed by atoms with E-state index in [1.165, 1.54) is 5.01 Å². The first-order valence-corrected chi connectivity index (χ1v) is 10.4. The first kappa shape index (κ1) is 19.8. The maximum atomic E-state index is 13.4. The van der Waals surface area contributed by atoms with Crippen molar-refractivity contribution in [2.45, 2.75) is 13.8 Å². The predicted molar refractivity (Wildman–Crippen MR) is 127 cm³/mol. The van der Waals surface area contributed by atoms with Gasteiger partial charge in [-0.2, -0.15) is 10.1 Å². The lowest BCUT2D eigenvalue weighted by atomic mass is 9.95. The van der Waals surface area contributed by atoms with Crippen molar-refractivity contribution in [3.63, 3.8) is 0 Å². The number of hydrazone groups is 1. The van der Waals surface area contributed by atoms with Crippen LogP contribution in [0.4, 0.5) is 5.69 Å². The molecule has 0 saturated heterocycles. The number of fused-ring (bicyclic) bond motifs is 1. The fourth-order valence-corrected chi connectivity index (χ4v) is 3.81. The molecule has 0 aromatic heterocycles. The summed E-state index contributed by atoms with van der Waals surface area (Å²) < 4.78 is 10.9. The Morgan fingerprint density at radius 3 is 2.47 bits per heavy atom. The molecule has 32 heavy (non-hydrogen) atoms. The molecule has 158 valence electrons. The predicted octanol–water partition coefficient (Wildman–Crippen LogP) is 5.61. The van der Waals surface area contributed by atoms with Crippen LogP contribution >= 0.6 is 0 Å². The summed E-state index contributed by atoms with van der Waals surface area (Å²) in [6.45, 7) is 4.16. The van der Waals surface area contributed by atoms with Gasteiger partial charge in [-0.3, -0.25) is 4.79 Å². The second-order valence-corrected chi connectivity index (χ2v) is 7.74.